The average molecular weight is 354 g/mol. The standard InChI is InChI=1S/C16H20ClN3O4/c1-10(21)20-7-3-4-11(9-20)15(22)18-19-16(23)13-8-12(17)5-6-14(13)24-2/h5-6,8,11H,3-4,7,9H2,1-2H3,(H,18,22)(H,19,23)/t11-/m1/s1. The van der Waals surface area contributed by atoms with Gasteiger partial charge in [0, 0.05) is 25.0 Å². The van der Waals surface area contributed by atoms with Crippen LogP contribution >= 0.6 is 11.6 Å². The molecule has 2 rings (SSSR count). The molecule has 3 amide bonds. The number of halogens is 1. The Morgan fingerprint density at radius 3 is 2.71 bits per heavy atom. The highest BCUT2D eigenvalue weighted by atomic mass is 35.5. The van der Waals surface area contributed by atoms with Crippen LogP contribution in [0.3, 0.4) is 0 Å². The van der Waals surface area contributed by atoms with E-state index in [1.54, 1.807) is 17.0 Å². The van der Waals surface area contributed by atoms with Crippen molar-refractivity contribution in [3.8, 4) is 5.75 Å². The SMILES string of the molecule is COc1ccc(Cl)cc1C(=O)NNC(=O)[C@@H]1CCCN(C(C)=O)C1. The van der Waals surface area contributed by atoms with Gasteiger partial charge in [0.1, 0.15) is 5.75 Å². The van der Waals surface area contributed by atoms with E-state index in [9.17, 15) is 14.4 Å². The predicted octanol–water partition coefficient (Wildman–Crippen LogP) is 1.37. The van der Waals surface area contributed by atoms with Gasteiger partial charge in [-0.3, -0.25) is 25.2 Å². The summed E-state index contributed by atoms with van der Waals surface area (Å²) >= 11 is 5.89. The van der Waals surface area contributed by atoms with Gasteiger partial charge >= 0.3 is 0 Å². The molecule has 0 spiro atoms. The number of likely N-dealkylation sites (tertiary alicyclic amines) is 1. The van der Waals surface area contributed by atoms with E-state index >= 15 is 0 Å². The van der Waals surface area contributed by atoms with Gasteiger partial charge in [0.25, 0.3) is 5.91 Å². The summed E-state index contributed by atoms with van der Waals surface area (Å²) in [6, 6.07) is 4.64. The monoisotopic (exact) mass is 353 g/mol. The van der Waals surface area contributed by atoms with Crippen molar-refractivity contribution in [2.24, 2.45) is 5.92 Å². The minimum Gasteiger partial charge on any atom is -0.496 e. The van der Waals surface area contributed by atoms with Crippen molar-refractivity contribution in [1.29, 1.82) is 0 Å². The highest BCUT2D eigenvalue weighted by Crippen LogP contribution is 2.22. The molecule has 1 saturated heterocycles. The van der Waals surface area contributed by atoms with E-state index in [-0.39, 0.29) is 23.3 Å². The van der Waals surface area contributed by atoms with E-state index in [4.69, 9.17) is 16.3 Å². The maximum Gasteiger partial charge on any atom is 0.273 e. The van der Waals surface area contributed by atoms with Crippen molar-refractivity contribution in [3.63, 3.8) is 0 Å². The maximum atomic E-state index is 12.2. The van der Waals surface area contributed by atoms with E-state index in [0.717, 1.165) is 6.42 Å². The molecule has 1 atom stereocenters. The maximum absolute atomic E-state index is 12.2. The zero-order chi connectivity index (χ0) is 17.7. The summed E-state index contributed by atoms with van der Waals surface area (Å²) in [4.78, 5) is 37.5. The minimum absolute atomic E-state index is 0.0554. The molecule has 0 radical (unpaired) electrons. The molecule has 0 bridgehead atoms. The van der Waals surface area contributed by atoms with Gasteiger partial charge in [-0.15, -0.1) is 0 Å². The summed E-state index contributed by atoms with van der Waals surface area (Å²) in [5.74, 6) is -0.895. The quantitative estimate of drug-likeness (QED) is 0.803. The van der Waals surface area contributed by atoms with Gasteiger partial charge in [-0.2, -0.15) is 0 Å². The number of benzene rings is 1. The highest BCUT2D eigenvalue weighted by molar-refractivity contribution is 6.31. The van der Waals surface area contributed by atoms with E-state index in [1.807, 2.05) is 0 Å². The van der Waals surface area contributed by atoms with Crippen LogP contribution < -0.4 is 15.6 Å². The number of hydrogen-bond acceptors (Lipinski definition) is 4. The van der Waals surface area contributed by atoms with Crippen molar-refractivity contribution in [3.05, 3.63) is 28.8 Å². The van der Waals surface area contributed by atoms with Gasteiger partial charge in [-0.05, 0) is 31.0 Å². The Balaban J connectivity index is 1.95. The van der Waals surface area contributed by atoms with E-state index in [2.05, 4.69) is 10.9 Å². The molecular formula is C16H20ClN3O4. The fourth-order valence-electron chi connectivity index (χ4n) is 2.62. The number of amides is 3. The molecule has 1 aliphatic rings. The van der Waals surface area contributed by atoms with Crippen LogP contribution in [0.4, 0.5) is 0 Å². The van der Waals surface area contributed by atoms with Crippen LogP contribution in [0.25, 0.3) is 0 Å². The fraction of sp³-hybridized carbons (Fsp3) is 0.438. The number of carbonyl (C=O) groups excluding carboxylic acids is 3. The number of nitrogens with zero attached hydrogens (tertiary/aromatic N) is 1. The zero-order valence-corrected chi connectivity index (χ0v) is 14.4. The van der Waals surface area contributed by atoms with Crippen molar-refractivity contribution >= 4 is 29.3 Å². The third-order valence-corrected chi connectivity index (χ3v) is 4.18. The van der Waals surface area contributed by atoms with E-state index in [1.165, 1.54) is 20.1 Å². The Kier molecular flexibility index (Phi) is 6.03. The summed E-state index contributed by atoms with van der Waals surface area (Å²) in [6.45, 7) is 2.50. The Morgan fingerprint density at radius 1 is 1.29 bits per heavy atom. The lowest BCUT2D eigenvalue weighted by Crippen LogP contribution is -2.49. The first-order valence-corrected chi connectivity index (χ1v) is 7.99. The molecule has 0 aromatic heterocycles. The number of nitrogens with one attached hydrogen (secondary N) is 2. The lowest BCUT2D eigenvalue weighted by Gasteiger charge is -2.31. The molecule has 7 nitrogen and oxygen atoms in total. The number of hydrogen-bond donors (Lipinski definition) is 2. The molecule has 1 aromatic carbocycles. The van der Waals surface area contributed by atoms with Gasteiger partial charge in [0.2, 0.25) is 11.8 Å². The van der Waals surface area contributed by atoms with Crippen molar-refractivity contribution in [1.82, 2.24) is 15.8 Å². The van der Waals surface area contributed by atoms with Crippen LogP contribution in [0, 0.1) is 5.92 Å². The second-order valence-corrected chi connectivity index (χ2v) is 6.03. The van der Waals surface area contributed by atoms with Crippen molar-refractivity contribution in [2.45, 2.75) is 19.8 Å². The lowest BCUT2D eigenvalue weighted by molar-refractivity contribution is -0.134. The van der Waals surface area contributed by atoms with Crippen LogP contribution in [0.2, 0.25) is 5.02 Å². The smallest absolute Gasteiger partial charge is 0.273 e. The van der Waals surface area contributed by atoms with Crippen LogP contribution in [-0.2, 0) is 9.59 Å². The van der Waals surface area contributed by atoms with Crippen molar-refractivity contribution < 1.29 is 19.1 Å². The third kappa shape index (κ3) is 4.38. The van der Waals surface area contributed by atoms with Gasteiger partial charge < -0.3 is 9.64 Å². The normalized spacial score (nSPS) is 17.1. The Labute approximate surface area is 145 Å². The van der Waals surface area contributed by atoms with Crippen molar-refractivity contribution in [2.75, 3.05) is 20.2 Å². The second kappa shape index (κ2) is 8.01. The van der Waals surface area contributed by atoms with Gasteiger partial charge in [0.05, 0.1) is 18.6 Å². The summed E-state index contributed by atoms with van der Waals surface area (Å²) in [7, 11) is 1.44. The zero-order valence-electron chi connectivity index (χ0n) is 13.6. The molecule has 0 unspecified atom stereocenters. The number of piperidine rings is 1. The first kappa shape index (κ1) is 18.1. The van der Waals surface area contributed by atoms with Crippen LogP contribution in [0.5, 0.6) is 5.75 Å². The molecule has 2 N–H and O–H groups in total. The number of hydrazine groups is 1. The molecule has 1 aromatic rings. The molecule has 1 heterocycles. The second-order valence-electron chi connectivity index (χ2n) is 5.59. The number of ether oxygens (including phenoxy) is 1. The summed E-state index contributed by atoms with van der Waals surface area (Å²) in [6.07, 6.45) is 1.43. The number of methoxy groups -OCH3 is 1. The van der Waals surface area contributed by atoms with Crippen LogP contribution in [-0.4, -0.2) is 42.8 Å². The molecule has 0 saturated carbocycles. The summed E-state index contributed by atoms with van der Waals surface area (Å²) < 4.78 is 5.11. The highest BCUT2D eigenvalue weighted by Gasteiger charge is 2.27. The first-order chi connectivity index (χ1) is 11.4. The predicted molar refractivity (Wildman–Crippen MR) is 88.6 cm³/mol. The summed E-state index contributed by atoms with van der Waals surface area (Å²) in [5, 5.41) is 0.386. The Hall–Kier alpha value is -2.28. The number of rotatable bonds is 3. The summed E-state index contributed by atoms with van der Waals surface area (Å²) in [5.41, 5.74) is 4.99. The molecule has 130 valence electrons. The molecule has 8 heteroatoms. The van der Waals surface area contributed by atoms with Gasteiger partial charge in [0.15, 0.2) is 0 Å². The van der Waals surface area contributed by atoms with Crippen LogP contribution in [0.15, 0.2) is 18.2 Å². The lowest BCUT2D eigenvalue weighted by atomic mass is 9.97. The first-order valence-electron chi connectivity index (χ1n) is 7.61. The molecule has 24 heavy (non-hydrogen) atoms. The van der Waals surface area contributed by atoms with E-state index in [0.29, 0.717) is 30.3 Å². The van der Waals surface area contributed by atoms with Gasteiger partial charge in [-0.1, -0.05) is 11.6 Å². The number of carbonyl (C=O) groups is 3. The third-order valence-electron chi connectivity index (χ3n) is 3.94. The van der Waals surface area contributed by atoms with E-state index < -0.39 is 5.91 Å². The Morgan fingerprint density at radius 2 is 2.04 bits per heavy atom. The van der Waals surface area contributed by atoms with Crippen LogP contribution in [0.1, 0.15) is 30.1 Å². The molecule has 1 aliphatic heterocycles. The fourth-order valence-corrected chi connectivity index (χ4v) is 2.79. The average Bonchev–Trinajstić information content (AvgIpc) is 2.59. The Bertz CT molecular complexity index is 650. The minimum atomic E-state index is -0.526. The molecule has 0 aliphatic carbocycles. The topological polar surface area (TPSA) is 87.7 Å². The molecule has 1 fully saturated rings. The van der Waals surface area contributed by atoms with Gasteiger partial charge in [-0.25, -0.2) is 0 Å². The largest absolute Gasteiger partial charge is 0.496 e. The molecular weight excluding hydrogens is 334 g/mol.